The second kappa shape index (κ2) is 8.74. The van der Waals surface area contributed by atoms with Crippen LogP contribution >= 0.6 is 23.1 Å². The molecule has 9 heteroatoms. The van der Waals surface area contributed by atoms with Crippen LogP contribution in [0.25, 0.3) is 15.9 Å². The molecule has 0 unspecified atom stereocenters. The van der Waals surface area contributed by atoms with E-state index in [0.29, 0.717) is 31.5 Å². The number of hydrogen-bond acceptors (Lipinski definition) is 7. The maximum absolute atomic E-state index is 13.7. The van der Waals surface area contributed by atoms with Gasteiger partial charge in [0.25, 0.3) is 5.56 Å². The average Bonchev–Trinajstić information content (AvgIpc) is 3.16. The number of fused-ring (bicyclic) bond motifs is 3. The smallest absolute Gasteiger partial charge is 0.267 e. The van der Waals surface area contributed by atoms with Crippen molar-refractivity contribution in [2.75, 3.05) is 45.6 Å². The summed E-state index contributed by atoms with van der Waals surface area (Å²) in [7, 11) is 2.10. The van der Waals surface area contributed by atoms with Gasteiger partial charge in [-0.1, -0.05) is 30.0 Å². The fraction of sp³-hybridized carbons (Fsp3) is 0.409. The quantitative estimate of drug-likeness (QED) is 0.444. The Bertz CT molecular complexity index is 1170. The number of hydrogen-bond donors (Lipinski definition) is 0. The highest BCUT2D eigenvalue weighted by Gasteiger charge is 2.25. The zero-order valence-corrected chi connectivity index (χ0v) is 19.0. The lowest BCUT2D eigenvalue weighted by Gasteiger charge is -2.26. The van der Waals surface area contributed by atoms with Crippen molar-refractivity contribution in [3.8, 4) is 5.69 Å². The summed E-state index contributed by atoms with van der Waals surface area (Å²) in [5.41, 5.74) is 1.87. The van der Waals surface area contributed by atoms with Crippen molar-refractivity contribution in [2.45, 2.75) is 18.1 Å². The van der Waals surface area contributed by atoms with Gasteiger partial charge in [-0.2, -0.15) is 0 Å². The van der Waals surface area contributed by atoms with Gasteiger partial charge in [-0.25, -0.2) is 4.98 Å². The van der Waals surface area contributed by atoms with Gasteiger partial charge in [0.1, 0.15) is 4.83 Å². The molecule has 0 saturated carbocycles. The number of rotatable bonds is 4. The van der Waals surface area contributed by atoms with E-state index in [0.717, 1.165) is 41.0 Å². The zero-order chi connectivity index (χ0) is 21.4. The van der Waals surface area contributed by atoms with Gasteiger partial charge in [0, 0.05) is 31.1 Å². The third kappa shape index (κ3) is 4.03. The Balaban J connectivity index is 1.56. The van der Waals surface area contributed by atoms with Gasteiger partial charge in [0.15, 0.2) is 5.16 Å². The Morgan fingerprint density at radius 1 is 1.19 bits per heavy atom. The molecular formula is C22H24N4O3S2. The first-order valence-electron chi connectivity index (χ1n) is 10.4. The largest absolute Gasteiger partial charge is 0.378 e. The van der Waals surface area contributed by atoms with Crippen LogP contribution in [-0.2, 0) is 22.5 Å². The number of carbonyl (C=O) groups is 1. The van der Waals surface area contributed by atoms with Gasteiger partial charge in [-0.05, 0) is 31.2 Å². The lowest BCUT2D eigenvalue weighted by atomic mass is 10.1. The van der Waals surface area contributed by atoms with Gasteiger partial charge in [-0.15, -0.1) is 11.3 Å². The molecular weight excluding hydrogens is 432 g/mol. The summed E-state index contributed by atoms with van der Waals surface area (Å²) in [6.07, 6.45) is 0.861. The van der Waals surface area contributed by atoms with E-state index in [1.165, 1.54) is 16.6 Å². The van der Waals surface area contributed by atoms with Crippen molar-refractivity contribution in [2.24, 2.45) is 0 Å². The van der Waals surface area contributed by atoms with E-state index in [2.05, 4.69) is 11.9 Å². The van der Waals surface area contributed by atoms with Crippen molar-refractivity contribution in [1.29, 1.82) is 0 Å². The number of ether oxygens (including phenoxy) is 1. The molecule has 5 rings (SSSR count). The van der Waals surface area contributed by atoms with E-state index in [1.54, 1.807) is 15.9 Å². The van der Waals surface area contributed by atoms with Crippen LogP contribution in [0.1, 0.15) is 10.4 Å². The molecule has 0 N–H and O–H groups in total. The highest BCUT2D eigenvalue weighted by Crippen LogP contribution is 2.34. The normalized spacial score (nSPS) is 17.1. The molecule has 1 amide bonds. The molecule has 0 aliphatic carbocycles. The second-order valence-electron chi connectivity index (χ2n) is 7.82. The van der Waals surface area contributed by atoms with Crippen molar-refractivity contribution in [3.63, 3.8) is 0 Å². The number of nitrogens with zero attached hydrogens (tertiary/aromatic N) is 4. The summed E-state index contributed by atoms with van der Waals surface area (Å²) in [5, 5.41) is 1.30. The van der Waals surface area contributed by atoms with Crippen LogP contribution in [0.5, 0.6) is 0 Å². The lowest BCUT2D eigenvalue weighted by Crippen LogP contribution is -2.41. The number of benzene rings is 1. The number of carbonyl (C=O) groups excluding carboxylic acids is 1. The molecule has 2 aliphatic heterocycles. The summed E-state index contributed by atoms with van der Waals surface area (Å²) in [4.78, 5) is 37.4. The highest BCUT2D eigenvalue weighted by atomic mass is 32.2. The van der Waals surface area contributed by atoms with E-state index in [9.17, 15) is 9.59 Å². The van der Waals surface area contributed by atoms with E-state index in [-0.39, 0.29) is 17.2 Å². The molecule has 0 radical (unpaired) electrons. The molecule has 4 heterocycles. The Morgan fingerprint density at radius 2 is 1.97 bits per heavy atom. The van der Waals surface area contributed by atoms with Gasteiger partial charge < -0.3 is 14.5 Å². The maximum Gasteiger partial charge on any atom is 0.267 e. The fourth-order valence-electron chi connectivity index (χ4n) is 4.08. The molecule has 2 aromatic heterocycles. The first-order valence-corrected chi connectivity index (χ1v) is 12.2. The Hall–Kier alpha value is -2.20. The molecule has 1 aromatic carbocycles. The number of likely N-dealkylation sites (N-methyl/N-ethyl adjacent to an activating group) is 1. The van der Waals surface area contributed by atoms with E-state index >= 15 is 0 Å². The molecule has 31 heavy (non-hydrogen) atoms. The van der Waals surface area contributed by atoms with Crippen LogP contribution in [0.15, 0.2) is 40.3 Å². The van der Waals surface area contributed by atoms with Crippen molar-refractivity contribution in [3.05, 3.63) is 51.1 Å². The minimum absolute atomic E-state index is 0.0421. The van der Waals surface area contributed by atoms with Crippen molar-refractivity contribution < 1.29 is 9.53 Å². The topological polar surface area (TPSA) is 67.7 Å². The van der Waals surface area contributed by atoms with Crippen LogP contribution in [-0.4, -0.2) is 70.9 Å². The molecule has 1 saturated heterocycles. The van der Waals surface area contributed by atoms with E-state index in [4.69, 9.17) is 9.72 Å². The summed E-state index contributed by atoms with van der Waals surface area (Å²) in [6, 6.07) is 9.58. The standard InChI is InChI=1S/C22H24N4O3S2/c1-24-8-7-16-17(13-24)31-20-19(16)21(28)26(15-5-3-2-4-6-15)22(23-20)30-14-18(27)25-9-11-29-12-10-25/h2-6H,7-14H2,1H3. The van der Waals surface area contributed by atoms with Crippen LogP contribution in [0.4, 0.5) is 0 Å². The molecule has 7 nitrogen and oxygen atoms in total. The first kappa shape index (κ1) is 20.7. The van der Waals surface area contributed by atoms with Gasteiger partial charge >= 0.3 is 0 Å². The molecule has 162 valence electrons. The van der Waals surface area contributed by atoms with E-state index < -0.39 is 0 Å². The molecule has 1 fully saturated rings. The monoisotopic (exact) mass is 456 g/mol. The van der Waals surface area contributed by atoms with Crippen molar-refractivity contribution >= 4 is 39.2 Å². The maximum atomic E-state index is 13.7. The van der Waals surface area contributed by atoms with Gasteiger partial charge in [0.05, 0.1) is 30.0 Å². The molecule has 0 bridgehead atoms. The predicted octanol–water partition coefficient (Wildman–Crippen LogP) is 2.39. The summed E-state index contributed by atoms with van der Waals surface area (Å²) < 4.78 is 7.01. The minimum atomic E-state index is -0.0421. The number of thiophene rings is 1. The highest BCUT2D eigenvalue weighted by molar-refractivity contribution is 7.99. The molecule has 0 atom stereocenters. The Morgan fingerprint density at radius 3 is 2.74 bits per heavy atom. The average molecular weight is 457 g/mol. The lowest BCUT2D eigenvalue weighted by molar-refractivity contribution is -0.132. The minimum Gasteiger partial charge on any atom is -0.378 e. The number of thioether (sulfide) groups is 1. The van der Waals surface area contributed by atoms with E-state index in [1.807, 2.05) is 35.2 Å². The van der Waals surface area contributed by atoms with Gasteiger partial charge in [0.2, 0.25) is 5.91 Å². The third-order valence-corrected chi connectivity index (χ3v) is 7.77. The van der Waals surface area contributed by atoms with Crippen LogP contribution < -0.4 is 5.56 Å². The third-order valence-electron chi connectivity index (χ3n) is 5.74. The summed E-state index contributed by atoms with van der Waals surface area (Å²) in [5.74, 6) is 0.299. The van der Waals surface area contributed by atoms with Crippen LogP contribution in [0.2, 0.25) is 0 Å². The van der Waals surface area contributed by atoms with Crippen LogP contribution in [0, 0.1) is 0 Å². The fourth-order valence-corrected chi connectivity index (χ4v) is 6.34. The molecule has 3 aromatic rings. The number of aromatic nitrogens is 2. The molecule has 2 aliphatic rings. The Kier molecular flexibility index (Phi) is 5.83. The number of morpholine rings is 1. The zero-order valence-electron chi connectivity index (χ0n) is 17.4. The Labute approximate surface area is 188 Å². The summed E-state index contributed by atoms with van der Waals surface area (Å²) in [6.45, 7) is 4.16. The van der Waals surface area contributed by atoms with Crippen molar-refractivity contribution in [1.82, 2.24) is 19.4 Å². The first-order chi connectivity index (χ1) is 15.1. The predicted molar refractivity (Wildman–Crippen MR) is 123 cm³/mol. The van der Waals surface area contributed by atoms with Crippen LogP contribution in [0.3, 0.4) is 0 Å². The molecule has 0 spiro atoms. The number of para-hydroxylation sites is 1. The van der Waals surface area contributed by atoms with Gasteiger partial charge in [-0.3, -0.25) is 14.2 Å². The number of amides is 1. The second-order valence-corrected chi connectivity index (χ2v) is 9.85. The SMILES string of the molecule is CN1CCc2c(sc3nc(SCC(=O)N4CCOCC4)n(-c4ccccc4)c(=O)c23)C1. The summed E-state index contributed by atoms with van der Waals surface area (Å²) >= 11 is 2.94.